The number of methoxy groups -OCH3 is 1. The summed E-state index contributed by atoms with van der Waals surface area (Å²) in [4.78, 5) is 16.0. The summed E-state index contributed by atoms with van der Waals surface area (Å²) in [6.07, 6.45) is 1.40. The zero-order chi connectivity index (χ0) is 13.8. The van der Waals surface area contributed by atoms with Crippen molar-refractivity contribution in [2.45, 2.75) is 6.92 Å². The molecule has 2 aromatic heterocycles. The number of esters is 1. The average Bonchev–Trinajstić information content (AvgIpc) is 2.82. The first kappa shape index (κ1) is 13.5. The molecule has 2 heterocycles. The van der Waals surface area contributed by atoms with E-state index in [-0.39, 0.29) is 5.56 Å². The van der Waals surface area contributed by atoms with Crippen molar-refractivity contribution in [1.29, 1.82) is 0 Å². The summed E-state index contributed by atoms with van der Waals surface area (Å²) in [6.45, 7) is 2.03. The van der Waals surface area contributed by atoms with Crippen molar-refractivity contribution in [1.82, 2.24) is 14.8 Å². The topological polar surface area (TPSA) is 66.2 Å². The molecule has 0 spiro atoms. The molecule has 0 saturated heterocycles. The molecular formula is C12H12BrN3O3. The smallest absolute Gasteiger partial charge is 0.345 e. The maximum absolute atomic E-state index is 11.8. The van der Waals surface area contributed by atoms with Crippen LogP contribution in [0.15, 0.2) is 29.0 Å². The fraction of sp³-hybridized carbons (Fsp3) is 0.250. The highest BCUT2D eigenvalue weighted by atomic mass is 79.9. The van der Waals surface area contributed by atoms with E-state index in [1.54, 1.807) is 19.1 Å². The highest BCUT2D eigenvalue weighted by Crippen LogP contribution is 2.22. The quantitative estimate of drug-likeness (QED) is 0.637. The molecular weight excluding hydrogens is 314 g/mol. The number of aromatic nitrogens is 3. The van der Waals surface area contributed by atoms with Gasteiger partial charge in [-0.05, 0) is 35.0 Å². The van der Waals surface area contributed by atoms with Crippen molar-refractivity contribution in [3.63, 3.8) is 0 Å². The molecule has 7 heteroatoms. The number of pyridine rings is 1. The molecule has 0 radical (unpaired) electrons. The number of carbonyl (C=O) groups excluding carboxylic acids is 1. The van der Waals surface area contributed by atoms with E-state index >= 15 is 0 Å². The molecule has 0 N–H and O–H groups in total. The minimum Gasteiger partial charge on any atom is -0.480 e. The van der Waals surface area contributed by atoms with Gasteiger partial charge in [0.05, 0.1) is 19.9 Å². The molecule has 0 fully saturated rings. The Balaban J connectivity index is 2.45. The summed E-state index contributed by atoms with van der Waals surface area (Å²) in [5.74, 6) is 0.367. The molecule has 0 aromatic carbocycles. The van der Waals surface area contributed by atoms with E-state index in [0.29, 0.717) is 22.9 Å². The second kappa shape index (κ2) is 5.83. The van der Waals surface area contributed by atoms with E-state index < -0.39 is 5.97 Å². The van der Waals surface area contributed by atoms with Crippen molar-refractivity contribution in [3.8, 4) is 11.7 Å². The third-order valence-electron chi connectivity index (χ3n) is 2.33. The number of hydrogen-bond donors (Lipinski definition) is 0. The number of hydrogen-bond acceptors (Lipinski definition) is 5. The zero-order valence-corrected chi connectivity index (χ0v) is 12.0. The van der Waals surface area contributed by atoms with Gasteiger partial charge in [0, 0.05) is 0 Å². The number of nitrogens with zero attached hydrogens (tertiary/aromatic N) is 3. The largest absolute Gasteiger partial charge is 0.480 e. The van der Waals surface area contributed by atoms with Crippen LogP contribution in [0, 0.1) is 0 Å². The molecule has 0 aliphatic rings. The first-order valence-corrected chi connectivity index (χ1v) is 6.38. The summed E-state index contributed by atoms with van der Waals surface area (Å²) in [6, 6.07) is 5.37. The fourth-order valence-electron chi connectivity index (χ4n) is 1.56. The Morgan fingerprint density at radius 2 is 2.26 bits per heavy atom. The highest BCUT2D eigenvalue weighted by Gasteiger charge is 2.20. The lowest BCUT2D eigenvalue weighted by Crippen LogP contribution is -2.07. The Kier molecular flexibility index (Phi) is 4.16. The van der Waals surface area contributed by atoms with Gasteiger partial charge in [0.2, 0.25) is 5.88 Å². The predicted octanol–water partition coefficient (Wildman–Crippen LogP) is 2.22. The van der Waals surface area contributed by atoms with Crippen LogP contribution in [0.3, 0.4) is 0 Å². The fourth-order valence-corrected chi connectivity index (χ4v) is 1.90. The second-order valence-electron chi connectivity index (χ2n) is 3.52. The predicted molar refractivity (Wildman–Crippen MR) is 71.6 cm³/mol. The van der Waals surface area contributed by atoms with E-state index in [2.05, 4.69) is 26.0 Å². The average molecular weight is 326 g/mol. The van der Waals surface area contributed by atoms with E-state index in [9.17, 15) is 4.79 Å². The van der Waals surface area contributed by atoms with Crippen LogP contribution in [-0.4, -0.2) is 34.5 Å². The normalized spacial score (nSPS) is 10.3. The van der Waals surface area contributed by atoms with Crippen molar-refractivity contribution < 1.29 is 14.3 Å². The van der Waals surface area contributed by atoms with E-state index in [1.807, 2.05) is 6.07 Å². The minimum absolute atomic E-state index is 0.270. The maximum Gasteiger partial charge on any atom is 0.345 e. The number of rotatable bonds is 4. The van der Waals surface area contributed by atoms with Gasteiger partial charge in [-0.25, -0.2) is 9.78 Å². The van der Waals surface area contributed by atoms with Crippen molar-refractivity contribution in [2.24, 2.45) is 0 Å². The van der Waals surface area contributed by atoms with Crippen molar-refractivity contribution in [3.05, 3.63) is 34.6 Å². The lowest BCUT2D eigenvalue weighted by Gasteiger charge is -2.07. The molecule has 0 saturated carbocycles. The van der Waals surface area contributed by atoms with E-state index in [0.717, 1.165) is 0 Å². The summed E-state index contributed by atoms with van der Waals surface area (Å²) in [7, 11) is 1.47. The van der Waals surface area contributed by atoms with Gasteiger partial charge in [0.25, 0.3) is 0 Å². The maximum atomic E-state index is 11.8. The van der Waals surface area contributed by atoms with Gasteiger partial charge in [-0.2, -0.15) is 9.78 Å². The molecule has 2 aromatic rings. The third kappa shape index (κ3) is 2.76. The second-order valence-corrected chi connectivity index (χ2v) is 4.33. The van der Waals surface area contributed by atoms with Gasteiger partial charge < -0.3 is 9.47 Å². The summed E-state index contributed by atoms with van der Waals surface area (Å²) in [5, 5.41) is 4.11. The van der Waals surface area contributed by atoms with Crippen molar-refractivity contribution >= 4 is 21.9 Å². The van der Waals surface area contributed by atoms with Gasteiger partial charge in [-0.3, -0.25) is 0 Å². The van der Waals surface area contributed by atoms with Crippen LogP contribution < -0.4 is 4.74 Å². The summed E-state index contributed by atoms with van der Waals surface area (Å²) in [5.41, 5.74) is 0.270. The molecule has 6 nitrogen and oxygen atoms in total. The summed E-state index contributed by atoms with van der Waals surface area (Å²) >= 11 is 3.28. The van der Waals surface area contributed by atoms with Crippen LogP contribution in [0.25, 0.3) is 5.82 Å². The first-order valence-electron chi connectivity index (χ1n) is 5.59. The van der Waals surface area contributed by atoms with Crippen LogP contribution in [0.1, 0.15) is 17.3 Å². The lowest BCUT2D eigenvalue weighted by atomic mass is 10.3. The van der Waals surface area contributed by atoms with Gasteiger partial charge in [-0.1, -0.05) is 6.07 Å². The van der Waals surface area contributed by atoms with Crippen LogP contribution in [-0.2, 0) is 4.74 Å². The molecule has 0 atom stereocenters. The monoisotopic (exact) mass is 325 g/mol. The molecule has 0 amide bonds. The Morgan fingerprint density at radius 1 is 1.47 bits per heavy atom. The van der Waals surface area contributed by atoms with Gasteiger partial charge in [-0.15, -0.1) is 0 Å². The van der Waals surface area contributed by atoms with E-state index in [4.69, 9.17) is 9.47 Å². The molecule has 0 unspecified atom stereocenters. The number of halogens is 1. The SMILES string of the molecule is CCOC(=O)c1cnn(-c2cccc(Br)n2)c1OC. The lowest BCUT2D eigenvalue weighted by molar-refractivity contribution is 0.0522. The Hall–Kier alpha value is -1.89. The van der Waals surface area contributed by atoms with Gasteiger partial charge in [0.1, 0.15) is 10.2 Å². The van der Waals surface area contributed by atoms with Crippen molar-refractivity contribution in [2.75, 3.05) is 13.7 Å². The van der Waals surface area contributed by atoms with Gasteiger partial charge >= 0.3 is 5.97 Å². The van der Waals surface area contributed by atoms with Crippen LogP contribution in [0.4, 0.5) is 0 Å². The molecule has 19 heavy (non-hydrogen) atoms. The van der Waals surface area contributed by atoms with Crippen LogP contribution in [0.2, 0.25) is 0 Å². The first-order chi connectivity index (χ1) is 9.17. The van der Waals surface area contributed by atoms with Crippen LogP contribution in [0.5, 0.6) is 5.88 Å². The molecule has 0 aliphatic carbocycles. The third-order valence-corrected chi connectivity index (χ3v) is 2.77. The molecule has 2 rings (SSSR count). The standard InChI is InChI=1S/C12H12BrN3O3/c1-3-19-12(17)8-7-14-16(11(8)18-2)10-6-4-5-9(13)15-10/h4-7H,3H2,1-2H3. The minimum atomic E-state index is -0.472. The Morgan fingerprint density at radius 3 is 2.89 bits per heavy atom. The number of carbonyl (C=O) groups is 1. The molecule has 100 valence electrons. The Bertz CT molecular complexity index is 598. The van der Waals surface area contributed by atoms with Gasteiger partial charge in [0.15, 0.2) is 5.82 Å². The molecule has 0 bridgehead atoms. The number of ether oxygens (including phenoxy) is 2. The highest BCUT2D eigenvalue weighted by molar-refractivity contribution is 9.10. The van der Waals surface area contributed by atoms with Crippen LogP contribution >= 0.6 is 15.9 Å². The van der Waals surface area contributed by atoms with E-state index in [1.165, 1.54) is 18.0 Å². The Labute approximate surface area is 118 Å². The molecule has 0 aliphatic heterocycles. The summed E-state index contributed by atoms with van der Waals surface area (Å²) < 4.78 is 12.3. The zero-order valence-electron chi connectivity index (χ0n) is 10.5.